The number of nitrogens with one attached hydrogen (secondary N) is 1. The van der Waals surface area contributed by atoms with Crippen LogP contribution < -0.4 is 5.32 Å². The van der Waals surface area contributed by atoms with Crippen molar-refractivity contribution in [3.05, 3.63) is 68.5 Å². The maximum atomic E-state index is 13.6. The molecule has 0 amide bonds. The lowest BCUT2D eigenvalue weighted by molar-refractivity contribution is -0.141. The molecule has 2 aliphatic heterocycles. The lowest BCUT2D eigenvalue weighted by atomic mass is 10.1. The number of amidine groups is 1. The highest BCUT2D eigenvalue weighted by Crippen LogP contribution is 2.42. The first-order valence-corrected chi connectivity index (χ1v) is 10.2. The summed E-state index contributed by atoms with van der Waals surface area (Å²) in [7, 11) is 0. The lowest BCUT2D eigenvalue weighted by Gasteiger charge is -2.37. The monoisotopic (exact) mass is 486 g/mol. The minimum absolute atomic E-state index is 0.0853. The fraction of sp³-hybridized carbons (Fsp3) is 0.211. The van der Waals surface area contributed by atoms with Crippen molar-refractivity contribution in [2.45, 2.75) is 12.3 Å². The Bertz CT molecular complexity index is 1220. The first kappa shape index (κ1) is 20.4. The predicted octanol–water partition coefficient (Wildman–Crippen LogP) is 5.43. The summed E-state index contributed by atoms with van der Waals surface area (Å²) in [6, 6.07) is 7.38. The fourth-order valence-corrected chi connectivity index (χ4v) is 4.48. The van der Waals surface area contributed by atoms with Gasteiger partial charge < -0.3 is 10.2 Å². The van der Waals surface area contributed by atoms with E-state index in [9.17, 15) is 13.2 Å². The van der Waals surface area contributed by atoms with Gasteiger partial charge in [-0.1, -0.05) is 34.8 Å². The molecule has 1 aromatic carbocycles. The molecule has 1 N–H and O–H groups in total. The number of alkyl halides is 3. The van der Waals surface area contributed by atoms with E-state index in [4.69, 9.17) is 34.8 Å². The quantitative estimate of drug-likeness (QED) is 0.523. The van der Waals surface area contributed by atoms with Gasteiger partial charge >= 0.3 is 6.18 Å². The van der Waals surface area contributed by atoms with Crippen LogP contribution in [0.1, 0.15) is 23.1 Å². The van der Waals surface area contributed by atoms with Crippen LogP contribution in [-0.2, 0) is 6.18 Å². The maximum absolute atomic E-state index is 13.6. The second-order valence-electron chi connectivity index (χ2n) is 6.93. The van der Waals surface area contributed by atoms with Crippen LogP contribution in [-0.4, -0.2) is 38.6 Å². The first-order chi connectivity index (χ1) is 14.7. The molecule has 0 spiro atoms. The largest absolute Gasteiger partial charge is 0.435 e. The maximum Gasteiger partial charge on any atom is 0.435 e. The van der Waals surface area contributed by atoms with Crippen molar-refractivity contribution in [2.24, 2.45) is 4.99 Å². The molecule has 2 aliphatic rings. The van der Waals surface area contributed by atoms with Gasteiger partial charge in [-0.2, -0.15) is 18.3 Å². The Morgan fingerprint density at radius 3 is 2.65 bits per heavy atom. The van der Waals surface area contributed by atoms with Crippen LogP contribution in [0.15, 0.2) is 41.5 Å². The Labute approximate surface area is 189 Å². The third-order valence-electron chi connectivity index (χ3n) is 5.01. The number of hydrogen-bond donors (Lipinski definition) is 1. The molecule has 0 radical (unpaired) electrons. The summed E-state index contributed by atoms with van der Waals surface area (Å²) in [4.78, 5) is 10.5. The standard InChI is InChI=1S/C19H12Cl3F3N6/c20-9-6-10-15(12(22)7-9)28-18(30-5-4-27-16(10)30)13-8-14(19(23,24)25)29-31(13)17-11(21)2-1-3-26-17/h1-3,6-8,18,28H,4-5H2. The van der Waals surface area contributed by atoms with E-state index in [0.29, 0.717) is 40.2 Å². The van der Waals surface area contributed by atoms with Crippen LogP contribution in [0.4, 0.5) is 18.9 Å². The Balaban J connectivity index is 1.71. The summed E-state index contributed by atoms with van der Waals surface area (Å²) in [6.07, 6.45) is -3.96. The van der Waals surface area contributed by atoms with Crippen LogP contribution in [0.25, 0.3) is 5.82 Å². The van der Waals surface area contributed by atoms with Crippen molar-refractivity contribution >= 4 is 46.3 Å². The van der Waals surface area contributed by atoms with E-state index >= 15 is 0 Å². The van der Waals surface area contributed by atoms with Crippen molar-refractivity contribution < 1.29 is 13.2 Å². The molecule has 4 heterocycles. The molecule has 3 aromatic rings. The molecular formula is C19H12Cl3F3N6. The van der Waals surface area contributed by atoms with Crippen LogP contribution in [0, 0.1) is 0 Å². The summed E-state index contributed by atoms with van der Waals surface area (Å²) in [5.74, 6) is 0.679. The van der Waals surface area contributed by atoms with E-state index in [1.165, 1.54) is 12.3 Å². The van der Waals surface area contributed by atoms with Crippen LogP contribution in [0.2, 0.25) is 15.1 Å². The minimum atomic E-state index is -4.65. The molecule has 1 unspecified atom stereocenters. The van der Waals surface area contributed by atoms with E-state index in [1.54, 1.807) is 18.2 Å². The van der Waals surface area contributed by atoms with Crippen molar-refractivity contribution in [1.29, 1.82) is 0 Å². The molecule has 2 aromatic heterocycles. The zero-order chi connectivity index (χ0) is 21.9. The highest BCUT2D eigenvalue weighted by molar-refractivity contribution is 6.37. The number of fused-ring (bicyclic) bond motifs is 3. The topological polar surface area (TPSA) is 58.3 Å². The highest BCUT2D eigenvalue weighted by atomic mass is 35.5. The summed E-state index contributed by atoms with van der Waals surface area (Å²) in [5, 5.41) is 7.94. The number of nitrogens with zero attached hydrogens (tertiary/aromatic N) is 5. The summed E-state index contributed by atoms with van der Waals surface area (Å²) < 4.78 is 41.8. The Morgan fingerprint density at radius 1 is 1.10 bits per heavy atom. The zero-order valence-electron chi connectivity index (χ0n) is 15.5. The van der Waals surface area contributed by atoms with Gasteiger partial charge in [0, 0.05) is 23.3 Å². The highest BCUT2D eigenvalue weighted by Gasteiger charge is 2.41. The normalized spacial score (nSPS) is 17.8. The van der Waals surface area contributed by atoms with Gasteiger partial charge in [-0.3, -0.25) is 4.99 Å². The molecule has 0 fully saturated rings. The van der Waals surface area contributed by atoms with Gasteiger partial charge in [0.2, 0.25) is 0 Å². The van der Waals surface area contributed by atoms with E-state index < -0.39 is 18.0 Å². The minimum Gasteiger partial charge on any atom is -0.358 e. The van der Waals surface area contributed by atoms with Crippen molar-refractivity contribution in [1.82, 2.24) is 19.7 Å². The molecule has 12 heteroatoms. The Morgan fingerprint density at radius 2 is 1.90 bits per heavy atom. The van der Waals surface area contributed by atoms with Gasteiger partial charge in [0.25, 0.3) is 0 Å². The fourth-order valence-electron chi connectivity index (χ4n) is 3.73. The number of pyridine rings is 1. The molecule has 31 heavy (non-hydrogen) atoms. The van der Waals surface area contributed by atoms with Crippen molar-refractivity contribution in [3.63, 3.8) is 0 Å². The van der Waals surface area contributed by atoms with Gasteiger partial charge in [0.1, 0.15) is 12.0 Å². The van der Waals surface area contributed by atoms with E-state index in [0.717, 1.165) is 10.7 Å². The van der Waals surface area contributed by atoms with Gasteiger partial charge in [-0.25, -0.2) is 9.67 Å². The second-order valence-corrected chi connectivity index (χ2v) is 8.18. The third-order valence-corrected chi connectivity index (χ3v) is 5.82. The molecule has 0 saturated heterocycles. The Hall–Kier alpha value is -2.49. The van der Waals surface area contributed by atoms with Crippen LogP contribution in [0.3, 0.4) is 0 Å². The second kappa shape index (κ2) is 7.29. The average molecular weight is 488 g/mol. The smallest absolute Gasteiger partial charge is 0.358 e. The van der Waals surface area contributed by atoms with E-state index in [1.807, 2.05) is 4.90 Å². The molecule has 160 valence electrons. The number of aromatic nitrogens is 3. The number of anilines is 1. The Kier molecular flexibility index (Phi) is 4.80. The first-order valence-electron chi connectivity index (χ1n) is 9.09. The lowest BCUT2D eigenvalue weighted by Crippen LogP contribution is -2.42. The molecular weight excluding hydrogens is 476 g/mol. The molecule has 5 rings (SSSR count). The summed E-state index contributed by atoms with van der Waals surface area (Å²) >= 11 is 18.8. The molecule has 1 atom stereocenters. The van der Waals surface area contributed by atoms with Crippen molar-refractivity contribution in [2.75, 3.05) is 18.4 Å². The third kappa shape index (κ3) is 3.40. The number of aliphatic imine (C=N–C) groups is 1. The zero-order valence-corrected chi connectivity index (χ0v) is 17.7. The number of halogens is 6. The number of benzene rings is 1. The predicted molar refractivity (Wildman–Crippen MR) is 112 cm³/mol. The van der Waals surface area contributed by atoms with Gasteiger partial charge in [0.05, 0.1) is 28.0 Å². The van der Waals surface area contributed by atoms with Crippen LogP contribution >= 0.6 is 34.8 Å². The average Bonchev–Trinajstić information content (AvgIpc) is 3.35. The molecule has 0 bridgehead atoms. The SMILES string of the molecule is FC(F)(F)c1cc(C2Nc3c(Cl)cc(Cl)cc3C3=NCCN32)n(-c2ncccc2Cl)n1. The molecule has 0 aliphatic carbocycles. The van der Waals surface area contributed by atoms with Gasteiger partial charge in [-0.15, -0.1) is 0 Å². The molecule has 6 nitrogen and oxygen atoms in total. The van der Waals surface area contributed by atoms with Crippen molar-refractivity contribution in [3.8, 4) is 5.82 Å². The van der Waals surface area contributed by atoms with Gasteiger partial charge in [0.15, 0.2) is 11.5 Å². The number of rotatable bonds is 2. The number of hydrogen-bond acceptors (Lipinski definition) is 5. The van der Waals surface area contributed by atoms with Gasteiger partial charge in [-0.05, 0) is 30.3 Å². The molecule has 0 saturated carbocycles. The van der Waals surface area contributed by atoms with E-state index in [-0.39, 0.29) is 16.5 Å². The van der Waals surface area contributed by atoms with E-state index in [2.05, 4.69) is 20.4 Å². The summed E-state index contributed by atoms with van der Waals surface area (Å²) in [6.45, 7) is 0.959. The van der Waals surface area contributed by atoms with Crippen LogP contribution in [0.5, 0.6) is 0 Å². The summed E-state index contributed by atoms with van der Waals surface area (Å²) in [5.41, 5.74) is 0.349.